The zero-order valence-electron chi connectivity index (χ0n) is 10.6. The largest absolute Gasteiger partial charge is 0.363 e. The van der Waals surface area contributed by atoms with Crippen LogP contribution < -0.4 is 0 Å². The van der Waals surface area contributed by atoms with Gasteiger partial charge in [0.25, 0.3) is 0 Å². The van der Waals surface area contributed by atoms with Crippen LogP contribution in [0.2, 0.25) is 0 Å². The first-order valence-electron chi connectivity index (χ1n) is 6.35. The molecule has 1 saturated heterocycles. The average Bonchev–Trinajstić information content (AvgIpc) is 2.35. The fourth-order valence-electron chi connectivity index (χ4n) is 2.91. The molecular weight excluding hydrogens is 228 g/mol. The predicted molar refractivity (Wildman–Crippen MR) is 66.8 cm³/mol. The van der Waals surface area contributed by atoms with Gasteiger partial charge in [-0.2, -0.15) is 0 Å². The molecule has 1 aliphatic carbocycles. The van der Waals surface area contributed by atoms with E-state index in [-0.39, 0.29) is 23.1 Å². The van der Waals surface area contributed by atoms with Gasteiger partial charge < -0.3 is 4.74 Å². The van der Waals surface area contributed by atoms with Crippen LogP contribution in [-0.2, 0) is 4.74 Å². The topological polar surface area (TPSA) is 43.4 Å². The molecule has 0 radical (unpaired) electrons. The van der Waals surface area contributed by atoms with E-state index in [2.05, 4.69) is 0 Å². The van der Waals surface area contributed by atoms with Crippen molar-refractivity contribution in [1.29, 1.82) is 0 Å². The van der Waals surface area contributed by atoms with Crippen molar-refractivity contribution in [1.82, 2.24) is 0 Å². The highest BCUT2D eigenvalue weighted by atomic mass is 16.5. The minimum absolute atomic E-state index is 0.0389. The Morgan fingerprint density at radius 1 is 1.11 bits per heavy atom. The summed E-state index contributed by atoms with van der Waals surface area (Å²) < 4.78 is 5.85. The van der Waals surface area contributed by atoms with E-state index in [1.54, 1.807) is 24.3 Å². The SMILES string of the molecule is CC1(C)CC[C@@H]2C(=O)c3ccccc3C(=O)[C@H]2O1. The van der Waals surface area contributed by atoms with Crippen molar-refractivity contribution >= 4 is 11.6 Å². The lowest BCUT2D eigenvalue weighted by atomic mass is 9.74. The molecule has 0 bridgehead atoms. The van der Waals surface area contributed by atoms with Gasteiger partial charge in [0.05, 0.1) is 11.5 Å². The molecule has 1 aliphatic heterocycles. The van der Waals surface area contributed by atoms with Gasteiger partial charge in [0.2, 0.25) is 0 Å². The normalized spacial score (nSPS) is 29.7. The Morgan fingerprint density at radius 2 is 1.72 bits per heavy atom. The lowest BCUT2D eigenvalue weighted by molar-refractivity contribution is -0.108. The summed E-state index contributed by atoms with van der Waals surface area (Å²) in [6.45, 7) is 3.95. The fraction of sp³-hybridized carbons (Fsp3) is 0.467. The van der Waals surface area contributed by atoms with Crippen molar-refractivity contribution < 1.29 is 14.3 Å². The molecule has 1 aromatic carbocycles. The van der Waals surface area contributed by atoms with Crippen molar-refractivity contribution in [2.24, 2.45) is 5.92 Å². The molecule has 0 unspecified atom stereocenters. The summed E-state index contributed by atoms with van der Waals surface area (Å²) in [7, 11) is 0. The third kappa shape index (κ3) is 1.62. The third-order valence-corrected chi connectivity index (χ3v) is 3.92. The van der Waals surface area contributed by atoms with Crippen LogP contribution >= 0.6 is 0 Å². The van der Waals surface area contributed by atoms with Crippen molar-refractivity contribution in [3.05, 3.63) is 35.4 Å². The van der Waals surface area contributed by atoms with Crippen LogP contribution in [0.15, 0.2) is 24.3 Å². The first kappa shape index (κ1) is 11.6. The predicted octanol–water partition coefficient (Wildman–Crippen LogP) is 2.64. The summed E-state index contributed by atoms with van der Waals surface area (Å²) in [4.78, 5) is 24.8. The highest BCUT2D eigenvalue weighted by Crippen LogP contribution is 2.39. The maximum atomic E-state index is 12.4. The lowest BCUT2D eigenvalue weighted by Crippen LogP contribution is -2.50. The van der Waals surface area contributed by atoms with Gasteiger partial charge >= 0.3 is 0 Å². The second-order valence-corrected chi connectivity index (χ2v) is 5.72. The lowest BCUT2D eigenvalue weighted by Gasteiger charge is -2.42. The first-order chi connectivity index (χ1) is 8.49. The monoisotopic (exact) mass is 244 g/mol. The third-order valence-electron chi connectivity index (χ3n) is 3.92. The minimum atomic E-state index is -0.587. The molecule has 0 spiro atoms. The van der Waals surface area contributed by atoms with E-state index in [1.807, 2.05) is 13.8 Å². The molecule has 3 nitrogen and oxygen atoms in total. The van der Waals surface area contributed by atoms with Crippen molar-refractivity contribution in [2.45, 2.75) is 38.4 Å². The number of benzene rings is 1. The molecule has 2 aliphatic rings. The second kappa shape index (κ2) is 3.75. The highest BCUT2D eigenvalue weighted by molar-refractivity contribution is 6.17. The number of hydrogen-bond acceptors (Lipinski definition) is 3. The molecule has 94 valence electrons. The van der Waals surface area contributed by atoms with Crippen LogP contribution in [0.3, 0.4) is 0 Å². The highest BCUT2D eigenvalue weighted by Gasteiger charge is 2.47. The van der Waals surface area contributed by atoms with Gasteiger partial charge in [-0.25, -0.2) is 0 Å². The molecule has 0 saturated carbocycles. The van der Waals surface area contributed by atoms with Gasteiger partial charge in [-0.3, -0.25) is 9.59 Å². The van der Waals surface area contributed by atoms with E-state index in [4.69, 9.17) is 4.74 Å². The number of fused-ring (bicyclic) bond motifs is 2. The summed E-state index contributed by atoms with van der Waals surface area (Å²) in [5.74, 6) is -0.269. The Balaban J connectivity index is 2.07. The van der Waals surface area contributed by atoms with Crippen LogP contribution in [0.1, 0.15) is 47.4 Å². The molecular formula is C15H16O3. The molecule has 2 atom stereocenters. The molecule has 0 N–H and O–H groups in total. The summed E-state index contributed by atoms with van der Waals surface area (Å²) in [5.41, 5.74) is 0.761. The van der Waals surface area contributed by atoms with E-state index in [0.29, 0.717) is 11.1 Å². The van der Waals surface area contributed by atoms with E-state index < -0.39 is 6.10 Å². The molecule has 0 aromatic heterocycles. The Labute approximate surface area is 106 Å². The van der Waals surface area contributed by atoms with Gasteiger partial charge in [0, 0.05) is 11.1 Å². The minimum Gasteiger partial charge on any atom is -0.363 e. The smallest absolute Gasteiger partial charge is 0.193 e. The average molecular weight is 244 g/mol. The van der Waals surface area contributed by atoms with Crippen LogP contribution in [0.25, 0.3) is 0 Å². The van der Waals surface area contributed by atoms with Crippen LogP contribution in [0.5, 0.6) is 0 Å². The number of carbonyl (C=O) groups excluding carboxylic acids is 2. The van der Waals surface area contributed by atoms with Crippen LogP contribution in [0, 0.1) is 5.92 Å². The zero-order chi connectivity index (χ0) is 12.9. The van der Waals surface area contributed by atoms with Crippen molar-refractivity contribution in [3.63, 3.8) is 0 Å². The Morgan fingerprint density at radius 3 is 2.39 bits per heavy atom. The molecule has 3 rings (SSSR count). The maximum Gasteiger partial charge on any atom is 0.193 e. The molecule has 1 heterocycles. The van der Waals surface area contributed by atoms with Crippen molar-refractivity contribution in [2.75, 3.05) is 0 Å². The molecule has 3 heteroatoms. The van der Waals surface area contributed by atoms with Crippen LogP contribution in [0.4, 0.5) is 0 Å². The summed E-state index contributed by atoms with van der Waals surface area (Å²) in [6, 6.07) is 7.05. The molecule has 18 heavy (non-hydrogen) atoms. The van der Waals surface area contributed by atoms with Gasteiger partial charge in [-0.05, 0) is 26.7 Å². The van der Waals surface area contributed by atoms with Gasteiger partial charge in [0.1, 0.15) is 6.10 Å². The summed E-state index contributed by atoms with van der Waals surface area (Å²) in [6.07, 6.45) is 0.961. The first-order valence-corrected chi connectivity index (χ1v) is 6.35. The Kier molecular flexibility index (Phi) is 2.42. The number of Topliss-reactive ketones (excluding diaryl/α,β-unsaturated/α-hetero) is 2. The second-order valence-electron chi connectivity index (χ2n) is 5.72. The van der Waals surface area contributed by atoms with E-state index in [1.165, 1.54) is 0 Å². The standard InChI is InChI=1S/C15H16O3/c1-15(2)8-7-11-12(16)9-5-3-4-6-10(9)13(17)14(11)18-15/h3-6,11,14H,7-8H2,1-2H3/t11-,14+/m1/s1. The number of rotatable bonds is 0. The maximum absolute atomic E-state index is 12.4. The van der Waals surface area contributed by atoms with Gasteiger partial charge in [-0.1, -0.05) is 24.3 Å². The van der Waals surface area contributed by atoms with Gasteiger partial charge in [0.15, 0.2) is 11.6 Å². The molecule has 0 amide bonds. The van der Waals surface area contributed by atoms with E-state index >= 15 is 0 Å². The number of ketones is 2. The van der Waals surface area contributed by atoms with Crippen LogP contribution in [-0.4, -0.2) is 23.3 Å². The number of hydrogen-bond donors (Lipinski definition) is 0. The van der Waals surface area contributed by atoms with E-state index in [0.717, 1.165) is 12.8 Å². The van der Waals surface area contributed by atoms with E-state index in [9.17, 15) is 9.59 Å². The van der Waals surface area contributed by atoms with Crippen molar-refractivity contribution in [3.8, 4) is 0 Å². The number of carbonyl (C=O) groups is 2. The quantitative estimate of drug-likeness (QED) is 0.704. The summed E-state index contributed by atoms with van der Waals surface area (Å²) in [5, 5.41) is 0. The fourth-order valence-corrected chi connectivity index (χ4v) is 2.91. The molecule has 1 aromatic rings. The Hall–Kier alpha value is -1.48. The Bertz CT molecular complexity index is 530. The summed E-state index contributed by atoms with van der Waals surface area (Å²) >= 11 is 0. The van der Waals surface area contributed by atoms with Gasteiger partial charge in [-0.15, -0.1) is 0 Å². The number of ether oxygens (including phenoxy) is 1. The zero-order valence-corrected chi connectivity index (χ0v) is 10.6. The molecule has 1 fully saturated rings.